The summed E-state index contributed by atoms with van der Waals surface area (Å²) < 4.78 is 7.42. The van der Waals surface area contributed by atoms with Crippen molar-refractivity contribution >= 4 is 5.97 Å². The number of rotatable bonds is 16. The quantitative estimate of drug-likeness (QED) is 0.223. The first-order valence-corrected chi connectivity index (χ1v) is 16.8. The Morgan fingerprint density at radius 2 is 1.86 bits per heavy atom. The van der Waals surface area contributed by atoms with Crippen LogP contribution < -0.4 is 5.32 Å². The third-order valence-electron chi connectivity index (χ3n) is 9.41. The number of carbonyl (C=O) groups is 1. The van der Waals surface area contributed by atoms with E-state index < -0.39 is 0 Å². The molecule has 0 radical (unpaired) electrons. The van der Waals surface area contributed by atoms with Crippen molar-refractivity contribution in [3.05, 3.63) is 71.8 Å². The lowest BCUT2D eigenvalue weighted by molar-refractivity contribution is -0.143. The minimum atomic E-state index is -0.145. The number of nitrogens with zero attached hydrogens (tertiary/aromatic N) is 5. The Labute approximate surface area is 263 Å². The van der Waals surface area contributed by atoms with Gasteiger partial charge in [-0.05, 0) is 87.7 Å². The second kappa shape index (κ2) is 15.8. The highest BCUT2D eigenvalue weighted by molar-refractivity contribution is 5.69. The summed E-state index contributed by atoms with van der Waals surface area (Å²) >= 11 is 0. The van der Waals surface area contributed by atoms with Crippen molar-refractivity contribution in [3.8, 4) is 0 Å². The molecule has 9 nitrogen and oxygen atoms in total. The molecule has 2 fully saturated rings. The Bertz CT molecular complexity index is 1280. The zero-order valence-corrected chi connectivity index (χ0v) is 27.1. The van der Waals surface area contributed by atoms with E-state index in [4.69, 9.17) is 9.72 Å². The molecular weight excluding hydrogens is 550 g/mol. The van der Waals surface area contributed by atoms with Crippen LogP contribution >= 0.6 is 0 Å². The van der Waals surface area contributed by atoms with Crippen LogP contribution in [0.15, 0.2) is 49.1 Å². The molecule has 1 spiro atoms. The zero-order valence-electron chi connectivity index (χ0n) is 27.1. The summed E-state index contributed by atoms with van der Waals surface area (Å²) in [6.07, 6.45) is 14.7. The molecule has 2 aliphatic rings. The average Bonchev–Trinajstić information content (AvgIpc) is 3.78. The number of carbonyl (C=O) groups excluding carboxylic acids is 1. The molecule has 2 saturated heterocycles. The Hall–Kier alpha value is -3.01. The smallest absolute Gasteiger partial charge is 0.306 e. The monoisotopic (exact) mass is 603 g/mol. The molecule has 0 amide bonds. The fourth-order valence-corrected chi connectivity index (χ4v) is 7.11. The minimum absolute atomic E-state index is 0.0189. The molecule has 1 atom stereocenters. The number of benzene rings is 1. The molecule has 2 N–H and O–H groups in total. The molecule has 2 aliphatic heterocycles. The van der Waals surface area contributed by atoms with E-state index in [1.807, 2.05) is 25.5 Å². The van der Waals surface area contributed by atoms with Crippen molar-refractivity contribution in [2.24, 2.45) is 11.3 Å². The van der Waals surface area contributed by atoms with Gasteiger partial charge in [-0.15, -0.1) is 0 Å². The first-order chi connectivity index (χ1) is 21.4. The van der Waals surface area contributed by atoms with Crippen molar-refractivity contribution in [2.45, 2.75) is 84.8 Å². The summed E-state index contributed by atoms with van der Waals surface area (Å²) in [4.78, 5) is 29.8. The lowest BCUT2D eigenvalue weighted by atomic mass is 9.77. The molecule has 1 unspecified atom stereocenters. The molecule has 9 heteroatoms. The van der Waals surface area contributed by atoms with Crippen LogP contribution in [0.1, 0.15) is 81.7 Å². The van der Waals surface area contributed by atoms with Crippen LogP contribution in [0, 0.1) is 11.3 Å². The second-order valence-electron chi connectivity index (χ2n) is 13.4. The fourth-order valence-electron chi connectivity index (χ4n) is 7.11. The van der Waals surface area contributed by atoms with Gasteiger partial charge in [0.05, 0.1) is 12.6 Å². The van der Waals surface area contributed by atoms with Gasteiger partial charge in [-0.3, -0.25) is 4.79 Å². The van der Waals surface area contributed by atoms with Crippen molar-refractivity contribution in [1.82, 2.24) is 34.6 Å². The van der Waals surface area contributed by atoms with E-state index in [2.05, 4.69) is 74.0 Å². The Balaban J connectivity index is 1.14. The number of likely N-dealkylation sites (tertiary alicyclic amines) is 2. The molecule has 44 heavy (non-hydrogen) atoms. The van der Waals surface area contributed by atoms with Crippen LogP contribution in [0.5, 0.6) is 0 Å². The third kappa shape index (κ3) is 9.25. The normalized spacial score (nSPS) is 17.9. The van der Waals surface area contributed by atoms with Crippen LogP contribution in [-0.2, 0) is 35.5 Å². The van der Waals surface area contributed by atoms with Crippen molar-refractivity contribution in [3.63, 3.8) is 0 Å². The lowest BCUT2D eigenvalue weighted by Crippen LogP contribution is -2.42. The summed E-state index contributed by atoms with van der Waals surface area (Å²) in [5.41, 5.74) is 2.88. The summed E-state index contributed by atoms with van der Waals surface area (Å²) in [6, 6.07) is 8.48. The predicted molar refractivity (Wildman–Crippen MR) is 174 cm³/mol. The van der Waals surface area contributed by atoms with E-state index in [-0.39, 0.29) is 12.0 Å². The summed E-state index contributed by atoms with van der Waals surface area (Å²) in [5, 5.41) is 3.77. The van der Waals surface area contributed by atoms with Crippen molar-refractivity contribution in [2.75, 3.05) is 45.9 Å². The second-order valence-corrected chi connectivity index (χ2v) is 13.4. The van der Waals surface area contributed by atoms with Crippen molar-refractivity contribution < 1.29 is 9.53 Å². The fraction of sp³-hybridized carbons (Fsp3) is 0.629. The Kier molecular flexibility index (Phi) is 11.6. The molecule has 0 saturated carbocycles. The maximum absolute atomic E-state index is 11.8. The molecule has 2 aromatic heterocycles. The number of esters is 1. The molecule has 240 valence electrons. The third-order valence-corrected chi connectivity index (χ3v) is 9.41. The van der Waals surface area contributed by atoms with E-state index in [0.717, 1.165) is 49.1 Å². The number of imidazole rings is 2. The van der Waals surface area contributed by atoms with Gasteiger partial charge in [-0.2, -0.15) is 0 Å². The SMILES string of the molecule is CCOC(=O)CCc1cccc(CNC(Cc2ncc[nH]2)c2nccn2CCCN2CCC3(CCN(CC(C)C)CC3)C2)c1. The molecule has 0 bridgehead atoms. The van der Waals surface area contributed by atoms with Gasteiger partial charge in [-0.25, -0.2) is 9.97 Å². The highest BCUT2D eigenvalue weighted by atomic mass is 16.5. The maximum atomic E-state index is 11.8. The van der Waals surface area contributed by atoms with Gasteiger partial charge >= 0.3 is 5.97 Å². The van der Waals surface area contributed by atoms with Gasteiger partial charge in [0.2, 0.25) is 0 Å². The molecule has 3 aromatic rings. The van der Waals surface area contributed by atoms with E-state index in [1.165, 1.54) is 57.5 Å². The number of hydrogen-bond acceptors (Lipinski definition) is 7. The number of aryl methyl sites for hydroxylation is 2. The number of nitrogens with one attached hydrogen (secondary N) is 2. The topological polar surface area (TPSA) is 91.3 Å². The van der Waals surface area contributed by atoms with E-state index >= 15 is 0 Å². The highest BCUT2D eigenvalue weighted by Crippen LogP contribution is 2.40. The zero-order chi connectivity index (χ0) is 30.8. The largest absolute Gasteiger partial charge is 0.466 e. The number of aromatic nitrogens is 4. The first kappa shape index (κ1) is 32.4. The minimum Gasteiger partial charge on any atom is -0.466 e. The maximum Gasteiger partial charge on any atom is 0.306 e. The Morgan fingerprint density at radius 3 is 2.61 bits per heavy atom. The highest BCUT2D eigenvalue weighted by Gasteiger charge is 2.40. The number of ether oxygens (including phenoxy) is 1. The van der Waals surface area contributed by atoms with Crippen LogP contribution in [0.2, 0.25) is 0 Å². The average molecular weight is 604 g/mol. The van der Waals surface area contributed by atoms with Crippen LogP contribution in [0.25, 0.3) is 0 Å². The van der Waals surface area contributed by atoms with Gasteiger partial charge in [0.1, 0.15) is 11.6 Å². The number of aromatic amines is 1. The van der Waals surface area contributed by atoms with Gasteiger partial charge < -0.3 is 29.4 Å². The van der Waals surface area contributed by atoms with Crippen LogP contribution in [0.3, 0.4) is 0 Å². The predicted octanol–water partition coefficient (Wildman–Crippen LogP) is 5.01. The standard InChI is InChI=1S/C35H53N7O2/c1-4-44-33(43)10-9-29-7-5-8-30(23-29)25-39-31(24-32-36-14-15-37-32)34-38-16-22-42(34)18-6-17-41-21-13-35(27-41)11-19-40(20-12-35)26-28(2)3/h5,7-8,14-16,22-23,28,31,39H,4,6,9-13,17-21,24-27H2,1-3H3,(H,36,37). The molecule has 4 heterocycles. The van der Waals surface area contributed by atoms with E-state index in [1.54, 1.807) is 0 Å². The molecular formula is C35H53N7O2. The number of hydrogen-bond donors (Lipinski definition) is 2. The number of H-pyrrole nitrogens is 1. The van der Waals surface area contributed by atoms with Crippen LogP contribution in [-0.4, -0.2) is 81.2 Å². The van der Waals surface area contributed by atoms with Crippen molar-refractivity contribution in [1.29, 1.82) is 0 Å². The van der Waals surface area contributed by atoms with E-state index in [0.29, 0.717) is 31.4 Å². The van der Waals surface area contributed by atoms with Gasteiger partial charge in [0, 0.05) is 63.8 Å². The van der Waals surface area contributed by atoms with Gasteiger partial charge in [0.25, 0.3) is 0 Å². The van der Waals surface area contributed by atoms with Gasteiger partial charge in [0.15, 0.2) is 0 Å². The summed E-state index contributed by atoms with van der Waals surface area (Å²) in [7, 11) is 0. The summed E-state index contributed by atoms with van der Waals surface area (Å²) in [6.45, 7) is 16.0. The summed E-state index contributed by atoms with van der Waals surface area (Å²) in [5.74, 6) is 2.61. The first-order valence-electron chi connectivity index (χ1n) is 16.8. The number of piperidine rings is 1. The Morgan fingerprint density at radius 1 is 1.07 bits per heavy atom. The molecule has 0 aliphatic carbocycles. The molecule has 5 rings (SSSR count). The molecule has 1 aromatic carbocycles. The van der Waals surface area contributed by atoms with Gasteiger partial charge in [-0.1, -0.05) is 38.1 Å². The lowest BCUT2D eigenvalue weighted by Gasteiger charge is -2.40. The van der Waals surface area contributed by atoms with Crippen LogP contribution in [0.4, 0.5) is 0 Å². The van der Waals surface area contributed by atoms with E-state index in [9.17, 15) is 4.79 Å².